The fraction of sp³-hybridized carbons (Fsp3) is 0.611. The molecule has 0 aromatic heterocycles. The van der Waals surface area contributed by atoms with Crippen molar-refractivity contribution >= 4 is 5.91 Å². The molecule has 1 aromatic carbocycles. The van der Waals surface area contributed by atoms with Crippen LogP contribution in [0.4, 0.5) is 0 Å². The van der Waals surface area contributed by atoms with E-state index in [4.69, 9.17) is 0 Å². The summed E-state index contributed by atoms with van der Waals surface area (Å²) in [5, 5.41) is 3.56. The molecular formula is C18H28N2O. The van der Waals surface area contributed by atoms with Gasteiger partial charge in [0.05, 0.1) is 5.41 Å². The SMILES string of the molecule is CC(C)C1CN(C(=O)C(C)(C)c2ccccc2)CCCN1. The molecule has 1 aliphatic heterocycles. The molecule has 1 aromatic rings. The van der Waals surface area contributed by atoms with Crippen molar-refractivity contribution in [3.05, 3.63) is 35.9 Å². The second-order valence-electron chi connectivity index (χ2n) is 6.90. The summed E-state index contributed by atoms with van der Waals surface area (Å²) < 4.78 is 0. The zero-order chi connectivity index (χ0) is 15.5. The highest BCUT2D eigenvalue weighted by atomic mass is 16.2. The average Bonchev–Trinajstić information content (AvgIpc) is 2.73. The molecule has 1 saturated heterocycles. The van der Waals surface area contributed by atoms with Gasteiger partial charge < -0.3 is 10.2 Å². The first kappa shape index (κ1) is 16.0. The molecule has 0 spiro atoms. The van der Waals surface area contributed by atoms with Gasteiger partial charge in [-0.3, -0.25) is 4.79 Å². The number of hydrogen-bond donors (Lipinski definition) is 1. The molecule has 1 N–H and O–H groups in total. The Morgan fingerprint density at radius 2 is 1.95 bits per heavy atom. The van der Waals surface area contributed by atoms with Crippen molar-refractivity contribution in [2.45, 2.75) is 45.6 Å². The van der Waals surface area contributed by atoms with Crippen LogP contribution in [-0.4, -0.2) is 36.5 Å². The standard InChI is InChI=1S/C18H28N2O/c1-14(2)16-13-20(12-8-11-19-16)17(21)18(3,4)15-9-6-5-7-10-15/h5-7,9-10,14,16,19H,8,11-13H2,1-4H3. The predicted octanol–water partition coefficient (Wildman–Crippen LogP) is 2.81. The number of carbonyl (C=O) groups is 1. The van der Waals surface area contributed by atoms with Crippen molar-refractivity contribution in [1.29, 1.82) is 0 Å². The van der Waals surface area contributed by atoms with E-state index in [-0.39, 0.29) is 5.91 Å². The molecule has 1 atom stereocenters. The van der Waals surface area contributed by atoms with Gasteiger partial charge in [0.15, 0.2) is 0 Å². The van der Waals surface area contributed by atoms with E-state index >= 15 is 0 Å². The number of amides is 1. The summed E-state index contributed by atoms with van der Waals surface area (Å²) in [5.74, 6) is 0.779. The first-order chi connectivity index (χ1) is 9.93. The summed E-state index contributed by atoms with van der Waals surface area (Å²) >= 11 is 0. The lowest BCUT2D eigenvalue weighted by atomic mass is 9.83. The van der Waals surface area contributed by atoms with E-state index in [1.54, 1.807) is 0 Å². The van der Waals surface area contributed by atoms with Gasteiger partial charge in [0.1, 0.15) is 0 Å². The van der Waals surface area contributed by atoms with Gasteiger partial charge in [-0.2, -0.15) is 0 Å². The first-order valence-electron chi connectivity index (χ1n) is 8.01. The zero-order valence-corrected chi connectivity index (χ0v) is 13.7. The van der Waals surface area contributed by atoms with Crippen molar-refractivity contribution < 1.29 is 4.79 Å². The topological polar surface area (TPSA) is 32.3 Å². The van der Waals surface area contributed by atoms with E-state index < -0.39 is 5.41 Å². The van der Waals surface area contributed by atoms with Crippen LogP contribution in [0.3, 0.4) is 0 Å². The van der Waals surface area contributed by atoms with E-state index in [1.165, 1.54) is 0 Å². The molecule has 0 bridgehead atoms. The van der Waals surface area contributed by atoms with E-state index in [1.807, 2.05) is 44.2 Å². The molecule has 0 radical (unpaired) electrons. The summed E-state index contributed by atoms with van der Waals surface area (Å²) in [7, 11) is 0. The maximum Gasteiger partial charge on any atom is 0.232 e. The van der Waals surface area contributed by atoms with Crippen molar-refractivity contribution in [2.24, 2.45) is 5.92 Å². The van der Waals surface area contributed by atoms with Gasteiger partial charge in [-0.05, 0) is 38.3 Å². The molecule has 2 rings (SSSR count). The smallest absolute Gasteiger partial charge is 0.232 e. The van der Waals surface area contributed by atoms with Gasteiger partial charge in [-0.1, -0.05) is 44.2 Å². The molecule has 116 valence electrons. The third kappa shape index (κ3) is 3.65. The van der Waals surface area contributed by atoms with Gasteiger partial charge in [0.25, 0.3) is 0 Å². The Morgan fingerprint density at radius 1 is 1.29 bits per heavy atom. The van der Waals surface area contributed by atoms with Crippen LogP contribution < -0.4 is 5.32 Å². The normalized spacial score (nSPS) is 20.4. The molecule has 0 saturated carbocycles. The van der Waals surface area contributed by atoms with Gasteiger partial charge in [-0.25, -0.2) is 0 Å². The summed E-state index contributed by atoms with van der Waals surface area (Å²) in [6.45, 7) is 11.2. The summed E-state index contributed by atoms with van der Waals surface area (Å²) in [4.78, 5) is 15.1. The molecule has 1 fully saturated rings. The molecule has 3 nitrogen and oxygen atoms in total. The van der Waals surface area contributed by atoms with Crippen LogP contribution >= 0.6 is 0 Å². The number of hydrogen-bond acceptors (Lipinski definition) is 2. The maximum atomic E-state index is 13.0. The molecule has 1 heterocycles. The quantitative estimate of drug-likeness (QED) is 0.927. The Hall–Kier alpha value is -1.35. The second-order valence-corrected chi connectivity index (χ2v) is 6.90. The van der Waals surface area contributed by atoms with Crippen molar-refractivity contribution in [3.63, 3.8) is 0 Å². The molecular weight excluding hydrogens is 260 g/mol. The minimum absolute atomic E-state index is 0.239. The van der Waals surface area contributed by atoms with Crippen molar-refractivity contribution in [2.75, 3.05) is 19.6 Å². The van der Waals surface area contributed by atoms with Gasteiger partial charge in [0.2, 0.25) is 5.91 Å². The Balaban J connectivity index is 2.17. The van der Waals surface area contributed by atoms with Crippen LogP contribution in [0.15, 0.2) is 30.3 Å². The van der Waals surface area contributed by atoms with Crippen LogP contribution in [0, 0.1) is 5.92 Å². The Kier molecular flexibility index (Phi) is 5.04. The molecule has 1 unspecified atom stereocenters. The lowest BCUT2D eigenvalue weighted by Gasteiger charge is -2.34. The molecule has 1 amide bonds. The fourth-order valence-electron chi connectivity index (χ4n) is 2.96. The number of rotatable bonds is 3. The lowest BCUT2D eigenvalue weighted by Crippen LogP contribution is -2.48. The van der Waals surface area contributed by atoms with Crippen molar-refractivity contribution in [3.8, 4) is 0 Å². The fourth-order valence-corrected chi connectivity index (χ4v) is 2.96. The van der Waals surface area contributed by atoms with E-state index in [9.17, 15) is 4.79 Å². The first-order valence-corrected chi connectivity index (χ1v) is 8.01. The summed E-state index contributed by atoms with van der Waals surface area (Å²) in [6.07, 6.45) is 1.03. The van der Waals surface area contributed by atoms with Crippen LogP contribution in [0.2, 0.25) is 0 Å². The number of nitrogens with one attached hydrogen (secondary N) is 1. The molecule has 0 aliphatic carbocycles. The maximum absolute atomic E-state index is 13.0. The minimum atomic E-state index is -0.465. The summed E-state index contributed by atoms with van der Waals surface area (Å²) in [5.41, 5.74) is 0.626. The van der Waals surface area contributed by atoms with Crippen LogP contribution in [0.5, 0.6) is 0 Å². The van der Waals surface area contributed by atoms with E-state index in [0.717, 1.165) is 31.6 Å². The largest absolute Gasteiger partial charge is 0.340 e. The van der Waals surface area contributed by atoms with Gasteiger partial charge >= 0.3 is 0 Å². The van der Waals surface area contributed by atoms with Crippen LogP contribution in [-0.2, 0) is 10.2 Å². The molecule has 1 aliphatic rings. The number of benzene rings is 1. The highest BCUT2D eigenvalue weighted by Crippen LogP contribution is 2.26. The van der Waals surface area contributed by atoms with Gasteiger partial charge in [0, 0.05) is 19.1 Å². The highest BCUT2D eigenvalue weighted by molar-refractivity contribution is 5.87. The number of nitrogens with zero attached hydrogens (tertiary/aromatic N) is 1. The van der Waals surface area contributed by atoms with E-state index in [2.05, 4.69) is 24.1 Å². The minimum Gasteiger partial charge on any atom is -0.340 e. The van der Waals surface area contributed by atoms with Crippen LogP contribution in [0.25, 0.3) is 0 Å². The monoisotopic (exact) mass is 288 g/mol. The highest BCUT2D eigenvalue weighted by Gasteiger charge is 2.35. The zero-order valence-electron chi connectivity index (χ0n) is 13.7. The lowest BCUT2D eigenvalue weighted by molar-refractivity contribution is -0.136. The Bertz CT molecular complexity index is 467. The molecule has 3 heteroatoms. The van der Waals surface area contributed by atoms with E-state index in [0.29, 0.717) is 12.0 Å². The predicted molar refractivity (Wildman–Crippen MR) is 87.3 cm³/mol. The molecule has 21 heavy (non-hydrogen) atoms. The second kappa shape index (κ2) is 6.61. The summed E-state index contributed by atoms with van der Waals surface area (Å²) in [6, 6.07) is 10.5. The van der Waals surface area contributed by atoms with Gasteiger partial charge in [-0.15, -0.1) is 0 Å². The average molecular weight is 288 g/mol. The Labute approximate surface area is 128 Å². The van der Waals surface area contributed by atoms with Crippen molar-refractivity contribution in [1.82, 2.24) is 10.2 Å². The third-order valence-corrected chi connectivity index (χ3v) is 4.55. The van der Waals surface area contributed by atoms with Crippen LogP contribution in [0.1, 0.15) is 39.7 Å². The number of carbonyl (C=O) groups excluding carboxylic acids is 1. The third-order valence-electron chi connectivity index (χ3n) is 4.55. The Morgan fingerprint density at radius 3 is 2.57 bits per heavy atom.